The van der Waals surface area contributed by atoms with E-state index in [9.17, 15) is 72.5 Å². The van der Waals surface area contributed by atoms with Crippen LogP contribution in [0.2, 0.25) is 0 Å². The topological polar surface area (TPSA) is 546 Å². The molecule has 100 heavy (non-hydrogen) atoms. The molecule has 2 heterocycles. The highest BCUT2D eigenvalue weighted by Crippen LogP contribution is 2.27. The predicted molar refractivity (Wildman–Crippen MR) is 366 cm³/mol. The first-order chi connectivity index (χ1) is 47.6. The van der Waals surface area contributed by atoms with Crippen LogP contribution in [0.3, 0.4) is 0 Å². The van der Waals surface area contributed by atoms with Gasteiger partial charge in [0, 0.05) is 38.9 Å². The Hall–Kier alpha value is -10.3. The summed E-state index contributed by atoms with van der Waals surface area (Å²) in [6.45, 7) is 3.45. The van der Waals surface area contributed by atoms with E-state index in [1.54, 1.807) is 86.6 Å². The number of amides is 13. The lowest BCUT2D eigenvalue weighted by molar-refractivity contribution is -0.148. The fraction of sp³-hybridized carbons (Fsp3) is 0.522. The molecule has 2 fully saturated rings. The highest BCUT2D eigenvalue weighted by atomic mass is 16.3. The summed E-state index contributed by atoms with van der Waals surface area (Å²) < 4.78 is 0. The summed E-state index contributed by atoms with van der Waals surface area (Å²) in [7, 11) is 0. The summed E-state index contributed by atoms with van der Waals surface area (Å²) in [5, 5.41) is 43.0. The number of aliphatic hydroxyl groups excluding tert-OH is 1. The summed E-state index contributed by atoms with van der Waals surface area (Å²) in [5.41, 5.74) is 35.8. The second kappa shape index (κ2) is 40.6. The maximum atomic E-state index is 14.9. The van der Waals surface area contributed by atoms with Gasteiger partial charge >= 0.3 is 0 Å². The number of unbranched alkanes of at least 4 members (excludes halogenated alkanes) is 1. The maximum Gasteiger partial charge on any atom is 0.246 e. The molecular weight excluding hydrogens is 1300 g/mol. The number of carbonyl (C=O) groups is 13. The van der Waals surface area contributed by atoms with Crippen molar-refractivity contribution in [2.45, 2.75) is 177 Å². The van der Waals surface area contributed by atoms with Gasteiger partial charge in [-0.25, -0.2) is 0 Å². The molecular formula is C67H98N18O15. The van der Waals surface area contributed by atoms with Crippen molar-refractivity contribution < 1.29 is 72.5 Å². The van der Waals surface area contributed by atoms with Crippen molar-refractivity contribution in [3.05, 3.63) is 102 Å². The van der Waals surface area contributed by atoms with Gasteiger partial charge in [-0.05, 0) is 106 Å². The van der Waals surface area contributed by atoms with Crippen LogP contribution in [0.25, 0.3) is 0 Å². The second-order valence-corrected chi connectivity index (χ2v) is 25.0. The van der Waals surface area contributed by atoms with Crippen LogP contribution in [0.4, 0.5) is 0 Å². The highest BCUT2D eigenvalue weighted by molar-refractivity contribution is 6.00. The van der Waals surface area contributed by atoms with Crippen molar-refractivity contribution in [1.82, 2.24) is 57.7 Å². The molecule has 2 saturated heterocycles. The van der Waals surface area contributed by atoms with Crippen LogP contribution in [-0.4, -0.2) is 209 Å². The van der Waals surface area contributed by atoms with Crippen molar-refractivity contribution >= 4 is 82.8 Å². The third kappa shape index (κ3) is 25.5. The molecule has 2 aliphatic heterocycles. The summed E-state index contributed by atoms with van der Waals surface area (Å²) in [4.78, 5) is 186. The average Bonchev–Trinajstić information content (AvgIpc) is 1.62. The molecule has 23 N–H and O–H groups in total. The first-order valence-corrected chi connectivity index (χ1v) is 33.5. The molecule has 0 saturated carbocycles. The molecule has 3 aromatic carbocycles. The van der Waals surface area contributed by atoms with Gasteiger partial charge in [0.25, 0.3) is 0 Å². The number of likely N-dealkylation sites (tertiary alicyclic amines) is 2. The van der Waals surface area contributed by atoms with E-state index in [1.807, 2.05) is 0 Å². The van der Waals surface area contributed by atoms with Crippen molar-refractivity contribution in [1.29, 1.82) is 0 Å². The number of carbonyl (C=O) groups excluding carboxylic acids is 13. The first kappa shape index (κ1) is 80.4. The third-order valence-corrected chi connectivity index (χ3v) is 17.2. The van der Waals surface area contributed by atoms with Gasteiger partial charge in [0.1, 0.15) is 66.2 Å². The quantitative estimate of drug-likeness (QED) is 0.0145. The van der Waals surface area contributed by atoms with Crippen LogP contribution in [-0.2, 0) is 81.6 Å². The predicted octanol–water partition coefficient (Wildman–Crippen LogP) is -4.67. The minimum Gasteiger partial charge on any atom is -0.508 e. The normalized spacial score (nSPS) is 17.1. The lowest BCUT2D eigenvalue weighted by atomic mass is 9.97. The molecule has 0 unspecified atom stereocenters. The monoisotopic (exact) mass is 1390 g/mol. The fourth-order valence-corrected chi connectivity index (χ4v) is 11.5. The molecule has 3 aromatic rings. The molecule has 0 spiro atoms. The molecule has 13 amide bonds. The Morgan fingerprint density at radius 1 is 0.550 bits per heavy atom. The summed E-state index contributed by atoms with van der Waals surface area (Å²) >= 11 is 0. The van der Waals surface area contributed by atoms with Gasteiger partial charge in [-0.15, -0.1) is 0 Å². The molecule has 0 aromatic heterocycles. The van der Waals surface area contributed by atoms with Crippen LogP contribution in [0.15, 0.2) is 89.9 Å². The van der Waals surface area contributed by atoms with E-state index >= 15 is 0 Å². The van der Waals surface area contributed by atoms with Crippen molar-refractivity contribution in [2.24, 2.45) is 45.3 Å². The van der Waals surface area contributed by atoms with E-state index in [4.69, 9.17) is 34.4 Å². The SMILES string of the molecule is CC[C@H](C)[C@H](NC(=O)[C@H](CO)NC(=O)CNC(=O)[C@H](CC(N)=O)NC(=O)[C@H](Cc1ccccc1)NC(=O)[C@@H]1CCCN1C(=O)[C@@H]1CCCN1C(=O)[C@H](CCCCN)NC(=O)[C@H](CCCN=C(N)N)NC(=O)[C@H](Cc1ccc(O)cc1)NC(=O)[C@H](C)N)C(=O)N[C@@H](Cc1ccccc1)C(N)=O. The number of aliphatic imine (C=N–C) groups is 1. The van der Waals surface area contributed by atoms with Gasteiger partial charge in [-0.3, -0.25) is 67.3 Å². The van der Waals surface area contributed by atoms with E-state index in [2.05, 4.69) is 52.8 Å². The largest absolute Gasteiger partial charge is 0.508 e. The second-order valence-electron chi connectivity index (χ2n) is 25.0. The number of benzene rings is 3. The number of hydrogen-bond acceptors (Lipinski definition) is 18. The Balaban J connectivity index is 1.29. The lowest BCUT2D eigenvalue weighted by Gasteiger charge is -2.34. The minimum absolute atomic E-state index is 0.0347. The van der Waals surface area contributed by atoms with Crippen molar-refractivity contribution in [3.63, 3.8) is 0 Å². The number of aromatic hydroxyl groups is 1. The van der Waals surface area contributed by atoms with Crippen LogP contribution in [0.1, 0.15) is 108 Å². The minimum atomic E-state index is -1.75. The Bertz CT molecular complexity index is 3320. The van der Waals surface area contributed by atoms with E-state index in [0.717, 1.165) is 0 Å². The zero-order chi connectivity index (χ0) is 73.6. The zero-order valence-corrected chi connectivity index (χ0v) is 56.7. The lowest BCUT2D eigenvalue weighted by Crippen LogP contribution is -2.60. The fourth-order valence-electron chi connectivity index (χ4n) is 11.5. The zero-order valence-electron chi connectivity index (χ0n) is 56.7. The number of phenolic OH excluding ortho intramolecular Hbond substituents is 1. The highest BCUT2D eigenvalue weighted by Gasteiger charge is 2.45. The standard InChI is InChI=1S/C67H98N18O15/c1-4-38(2)55(64(98)79-46(56(71)90)32-40-16-7-5-8-17-40)83-62(96)50(37-86)76-54(89)36-75-58(92)49(35-53(70)88)81-61(95)48(33-41-18-9-6-10-19-41)82-63(97)51-22-14-30-84(51)66(100)52-23-15-31-85(52)65(99)45(20-11-12-28-68)78-59(93)44(21-13-29-74-67(72)73)77-60(94)47(80-57(91)39(3)69)34-42-24-26-43(87)27-25-42/h5-10,16-19,24-27,38-39,44-52,55,86-87H,4,11-15,20-23,28-37,68-69H2,1-3H3,(H2,70,88)(H2,71,90)(H,75,92)(H,76,89)(H,77,94)(H,78,93)(H,79,98)(H,80,91)(H,81,95)(H,82,97)(H,83,96)(H4,72,73,74)/t38-,39-,44-,45-,46-,47-,48-,49-,50-,51-,52-,55-/m0/s1. The number of nitrogens with two attached hydrogens (primary N) is 6. The van der Waals surface area contributed by atoms with E-state index < -0.39 is 169 Å². The summed E-state index contributed by atoms with van der Waals surface area (Å²) in [6, 6.07) is 8.60. The number of guanidine groups is 1. The van der Waals surface area contributed by atoms with Crippen LogP contribution < -0.4 is 82.3 Å². The van der Waals surface area contributed by atoms with E-state index in [-0.39, 0.29) is 89.3 Å². The molecule has 546 valence electrons. The molecule has 0 aliphatic carbocycles. The van der Waals surface area contributed by atoms with Crippen LogP contribution in [0.5, 0.6) is 5.75 Å². The smallest absolute Gasteiger partial charge is 0.246 e. The first-order valence-electron chi connectivity index (χ1n) is 33.5. The molecule has 33 heteroatoms. The number of nitrogens with one attached hydrogen (secondary N) is 9. The number of phenols is 1. The van der Waals surface area contributed by atoms with Crippen molar-refractivity contribution in [3.8, 4) is 5.75 Å². The molecule has 12 atom stereocenters. The number of aliphatic hydroxyl groups is 1. The van der Waals surface area contributed by atoms with E-state index in [0.29, 0.717) is 48.8 Å². The number of nitrogens with zero attached hydrogens (tertiary/aromatic N) is 3. The number of rotatable bonds is 40. The Morgan fingerprint density at radius 3 is 1.62 bits per heavy atom. The number of primary amides is 2. The van der Waals surface area contributed by atoms with Gasteiger partial charge in [0.15, 0.2) is 5.96 Å². The van der Waals surface area contributed by atoms with Crippen LogP contribution >= 0.6 is 0 Å². The van der Waals surface area contributed by atoms with Gasteiger partial charge in [-0.2, -0.15) is 0 Å². The van der Waals surface area contributed by atoms with Gasteiger partial charge in [0.05, 0.1) is 25.6 Å². The molecule has 5 rings (SSSR count). The van der Waals surface area contributed by atoms with Gasteiger partial charge < -0.3 is 102 Å². The molecule has 33 nitrogen and oxygen atoms in total. The van der Waals surface area contributed by atoms with Gasteiger partial charge in [-0.1, -0.05) is 93.1 Å². The van der Waals surface area contributed by atoms with Crippen molar-refractivity contribution in [2.75, 3.05) is 39.3 Å². The van der Waals surface area contributed by atoms with E-state index in [1.165, 1.54) is 28.9 Å². The van der Waals surface area contributed by atoms with Crippen LogP contribution in [0, 0.1) is 5.92 Å². The summed E-state index contributed by atoms with van der Waals surface area (Å²) in [6.07, 6.45) is 1.37. The van der Waals surface area contributed by atoms with Gasteiger partial charge in [0.2, 0.25) is 76.8 Å². The Morgan fingerprint density at radius 2 is 1.06 bits per heavy atom. The molecule has 0 bridgehead atoms. The summed E-state index contributed by atoms with van der Waals surface area (Å²) in [5.74, 6) is -11.7. The Labute approximate surface area is 580 Å². The molecule has 0 radical (unpaired) electrons. The average molecular weight is 1400 g/mol. The maximum absolute atomic E-state index is 14.9. The Kier molecular flexibility index (Phi) is 32.6. The third-order valence-electron chi connectivity index (χ3n) is 17.2. The molecule has 2 aliphatic rings. The number of hydrogen-bond donors (Lipinski definition) is 17.